The third-order valence-electron chi connectivity index (χ3n) is 1.76. The molecule has 6 heteroatoms. The van der Waals surface area contributed by atoms with E-state index in [1.807, 2.05) is 5.38 Å². The Hall–Kier alpha value is -1.33. The molecule has 0 unspecified atom stereocenters. The van der Waals surface area contributed by atoms with Crippen LogP contribution < -0.4 is 0 Å². The summed E-state index contributed by atoms with van der Waals surface area (Å²) in [5, 5.41) is 5.41. The molecule has 0 atom stereocenters. The minimum Gasteiger partial charge on any atom is -0.464 e. The van der Waals surface area contributed by atoms with Crippen molar-refractivity contribution in [1.82, 2.24) is 5.16 Å². The number of nitrogens with zero attached hydrogens (tertiary/aromatic N) is 1. The predicted octanol–water partition coefficient (Wildman–Crippen LogP) is 2.84. The number of hydrogen-bond donors (Lipinski definition) is 0. The zero-order valence-electron chi connectivity index (χ0n) is 7.69. The molecule has 0 aromatic carbocycles. The molecule has 0 radical (unpaired) electrons. The third kappa shape index (κ3) is 2.03. The molecule has 0 amide bonds. The van der Waals surface area contributed by atoms with Crippen molar-refractivity contribution in [2.24, 2.45) is 0 Å². The lowest BCUT2D eigenvalue weighted by Gasteiger charge is -1.88. The Morgan fingerprint density at radius 2 is 2.40 bits per heavy atom. The predicted molar refractivity (Wildman–Crippen MR) is 56.2 cm³/mol. The van der Waals surface area contributed by atoms with Gasteiger partial charge >= 0.3 is 5.97 Å². The van der Waals surface area contributed by atoms with Gasteiger partial charge in [0.15, 0.2) is 11.5 Å². The third-order valence-corrected chi connectivity index (χ3v) is 2.85. The van der Waals surface area contributed by atoms with Gasteiger partial charge in [0, 0.05) is 17.0 Å². The fraction of sp³-hybridized carbons (Fsp3) is 0.111. The number of hydrogen-bond acceptors (Lipinski definition) is 5. The molecule has 0 aliphatic carbocycles. The number of halogens is 1. The van der Waals surface area contributed by atoms with E-state index >= 15 is 0 Å². The van der Waals surface area contributed by atoms with E-state index in [-0.39, 0.29) is 5.69 Å². The van der Waals surface area contributed by atoms with Gasteiger partial charge in [-0.25, -0.2) is 4.79 Å². The minimum atomic E-state index is -0.522. The number of esters is 1. The van der Waals surface area contributed by atoms with E-state index in [0.717, 1.165) is 5.56 Å². The summed E-state index contributed by atoms with van der Waals surface area (Å²) < 4.78 is 10.1. The number of carbonyl (C=O) groups is 1. The van der Waals surface area contributed by atoms with Crippen LogP contribution in [0.3, 0.4) is 0 Å². The topological polar surface area (TPSA) is 52.3 Å². The maximum Gasteiger partial charge on any atom is 0.360 e. The molecule has 78 valence electrons. The molecule has 0 aliphatic heterocycles. The Labute approximate surface area is 94.4 Å². The summed E-state index contributed by atoms with van der Waals surface area (Å²) >= 11 is 7.16. The highest BCUT2D eigenvalue weighted by atomic mass is 35.5. The Bertz CT molecular complexity index is 491. The first-order valence-corrected chi connectivity index (χ1v) is 5.26. The number of aromatic nitrogens is 1. The van der Waals surface area contributed by atoms with Crippen LogP contribution in [0.2, 0.25) is 4.34 Å². The molecule has 0 spiro atoms. The number of rotatable bonds is 2. The molecular formula is C9H6ClNO3S. The number of carbonyl (C=O) groups excluding carboxylic acids is 1. The van der Waals surface area contributed by atoms with Gasteiger partial charge in [-0.15, -0.1) is 11.3 Å². The first-order chi connectivity index (χ1) is 7.20. The van der Waals surface area contributed by atoms with E-state index in [0.29, 0.717) is 10.1 Å². The SMILES string of the molecule is COC(=O)c1cc(-c2csc(Cl)c2)on1. The van der Waals surface area contributed by atoms with E-state index in [9.17, 15) is 4.79 Å². The van der Waals surface area contributed by atoms with Crippen molar-refractivity contribution >= 4 is 28.9 Å². The lowest BCUT2D eigenvalue weighted by atomic mass is 10.2. The molecule has 0 saturated heterocycles. The van der Waals surface area contributed by atoms with Crippen LogP contribution in [0.4, 0.5) is 0 Å². The highest BCUT2D eigenvalue weighted by molar-refractivity contribution is 7.14. The first-order valence-electron chi connectivity index (χ1n) is 4.00. The fourth-order valence-electron chi connectivity index (χ4n) is 1.05. The van der Waals surface area contributed by atoms with Crippen LogP contribution in [0.1, 0.15) is 10.5 Å². The van der Waals surface area contributed by atoms with Crippen LogP contribution in [0.25, 0.3) is 11.3 Å². The molecular weight excluding hydrogens is 238 g/mol. The van der Waals surface area contributed by atoms with E-state index in [1.54, 1.807) is 6.07 Å². The van der Waals surface area contributed by atoms with Gasteiger partial charge in [0.1, 0.15) is 0 Å². The van der Waals surface area contributed by atoms with Gasteiger partial charge in [0.2, 0.25) is 0 Å². The van der Waals surface area contributed by atoms with Crippen LogP contribution in [-0.4, -0.2) is 18.2 Å². The Morgan fingerprint density at radius 3 is 3.00 bits per heavy atom. The summed E-state index contributed by atoms with van der Waals surface area (Å²) in [5.74, 6) is -0.0233. The monoisotopic (exact) mass is 243 g/mol. The zero-order chi connectivity index (χ0) is 10.8. The van der Waals surface area contributed by atoms with E-state index in [2.05, 4.69) is 9.89 Å². The Morgan fingerprint density at radius 1 is 1.60 bits per heavy atom. The van der Waals surface area contributed by atoms with Crippen molar-refractivity contribution in [3.63, 3.8) is 0 Å². The standard InChI is InChI=1S/C9H6ClNO3S/c1-13-9(12)6-3-7(14-11-6)5-2-8(10)15-4-5/h2-4H,1H3. The molecule has 2 rings (SSSR count). The van der Waals surface area contributed by atoms with Gasteiger partial charge in [0.05, 0.1) is 11.4 Å². The molecule has 2 aromatic rings. The molecule has 0 aliphatic rings. The molecule has 4 nitrogen and oxygen atoms in total. The summed E-state index contributed by atoms with van der Waals surface area (Å²) in [6, 6.07) is 3.26. The summed E-state index contributed by atoms with van der Waals surface area (Å²) in [5.41, 5.74) is 0.947. The van der Waals surface area contributed by atoms with Crippen LogP contribution in [-0.2, 0) is 4.74 Å². The van der Waals surface area contributed by atoms with E-state index < -0.39 is 5.97 Å². The smallest absolute Gasteiger partial charge is 0.360 e. The van der Waals surface area contributed by atoms with Gasteiger partial charge in [-0.1, -0.05) is 16.8 Å². The normalized spacial score (nSPS) is 10.3. The van der Waals surface area contributed by atoms with Crippen LogP contribution in [0.15, 0.2) is 22.0 Å². The largest absolute Gasteiger partial charge is 0.464 e. The second-order valence-corrected chi connectivity index (χ2v) is 4.25. The van der Waals surface area contributed by atoms with Crippen molar-refractivity contribution in [2.75, 3.05) is 7.11 Å². The average molecular weight is 244 g/mol. The maximum absolute atomic E-state index is 11.1. The molecule has 0 fully saturated rings. The quantitative estimate of drug-likeness (QED) is 0.761. The number of ether oxygens (including phenoxy) is 1. The summed E-state index contributed by atoms with van der Waals surface area (Å²) in [4.78, 5) is 11.1. The molecule has 0 saturated carbocycles. The Kier molecular flexibility index (Phi) is 2.75. The number of methoxy groups -OCH3 is 1. The van der Waals surface area contributed by atoms with Gasteiger partial charge in [-0.05, 0) is 6.07 Å². The van der Waals surface area contributed by atoms with E-state index in [4.69, 9.17) is 16.1 Å². The zero-order valence-corrected chi connectivity index (χ0v) is 9.26. The van der Waals surface area contributed by atoms with Crippen molar-refractivity contribution in [3.05, 3.63) is 27.5 Å². The van der Waals surface area contributed by atoms with Crippen LogP contribution in [0, 0.1) is 0 Å². The summed E-state index contributed by atoms with van der Waals surface area (Å²) in [6.07, 6.45) is 0. The van der Waals surface area contributed by atoms with Gasteiger partial charge < -0.3 is 9.26 Å². The first kappa shape index (κ1) is 10.2. The highest BCUT2D eigenvalue weighted by Crippen LogP contribution is 2.29. The van der Waals surface area contributed by atoms with Gasteiger partial charge in [-0.3, -0.25) is 0 Å². The second kappa shape index (κ2) is 4.04. The molecule has 15 heavy (non-hydrogen) atoms. The van der Waals surface area contributed by atoms with Crippen LogP contribution >= 0.6 is 22.9 Å². The van der Waals surface area contributed by atoms with Gasteiger partial charge in [0.25, 0.3) is 0 Å². The summed E-state index contributed by atoms with van der Waals surface area (Å²) in [6.45, 7) is 0. The highest BCUT2D eigenvalue weighted by Gasteiger charge is 2.14. The van der Waals surface area contributed by atoms with Crippen LogP contribution in [0.5, 0.6) is 0 Å². The minimum absolute atomic E-state index is 0.148. The van der Waals surface area contributed by atoms with Gasteiger partial charge in [-0.2, -0.15) is 0 Å². The average Bonchev–Trinajstić information content (AvgIpc) is 2.84. The van der Waals surface area contributed by atoms with Crippen molar-refractivity contribution < 1.29 is 14.1 Å². The Balaban J connectivity index is 2.31. The molecule has 2 aromatic heterocycles. The van der Waals surface area contributed by atoms with Crippen molar-refractivity contribution in [1.29, 1.82) is 0 Å². The summed E-state index contributed by atoms with van der Waals surface area (Å²) in [7, 11) is 1.29. The lowest BCUT2D eigenvalue weighted by molar-refractivity contribution is 0.0589. The molecule has 0 N–H and O–H groups in total. The maximum atomic E-state index is 11.1. The second-order valence-electron chi connectivity index (χ2n) is 2.71. The molecule has 0 bridgehead atoms. The lowest BCUT2D eigenvalue weighted by Crippen LogP contribution is -2.00. The van der Waals surface area contributed by atoms with Crippen molar-refractivity contribution in [2.45, 2.75) is 0 Å². The van der Waals surface area contributed by atoms with Crippen molar-refractivity contribution in [3.8, 4) is 11.3 Å². The van der Waals surface area contributed by atoms with E-state index in [1.165, 1.54) is 24.5 Å². The number of thiophene rings is 1. The molecule has 2 heterocycles. The fourth-order valence-corrected chi connectivity index (χ4v) is 1.92.